The van der Waals surface area contributed by atoms with E-state index in [1.807, 2.05) is 48.5 Å². The number of ether oxygens (including phenoxy) is 1. The summed E-state index contributed by atoms with van der Waals surface area (Å²) in [5, 5.41) is 0.814. The van der Waals surface area contributed by atoms with Gasteiger partial charge in [0.1, 0.15) is 22.9 Å². The summed E-state index contributed by atoms with van der Waals surface area (Å²) in [6.45, 7) is 0. The number of pyridine rings is 1. The van der Waals surface area contributed by atoms with Crippen LogP contribution in [0, 0.1) is 0 Å². The normalized spacial score (nSPS) is 10.4. The molecule has 4 rings (SSSR count). The first-order valence-electron chi connectivity index (χ1n) is 8.56. The predicted molar refractivity (Wildman–Crippen MR) is 104 cm³/mol. The Balaban J connectivity index is 1.45. The van der Waals surface area contributed by atoms with Crippen molar-refractivity contribution in [2.75, 3.05) is 0 Å². The number of para-hydroxylation sites is 1. The third-order valence-electron chi connectivity index (χ3n) is 4.00. The quantitative estimate of drug-likeness (QED) is 0.478. The maximum atomic E-state index is 12.3. The Morgan fingerprint density at radius 1 is 0.821 bits per heavy atom. The minimum absolute atomic E-state index is 0.210. The van der Waals surface area contributed by atoms with Crippen LogP contribution >= 0.6 is 0 Å². The second-order valence-electron chi connectivity index (χ2n) is 5.97. The number of rotatable bonds is 4. The Kier molecular flexibility index (Phi) is 4.71. The number of amides is 2. The van der Waals surface area contributed by atoms with E-state index in [0.717, 1.165) is 16.7 Å². The molecule has 0 radical (unpaired) electrons. The molecule has 0 fully saturated rings. The maximum absolute atomic E-state index is 12.3. The maximum Gasteiger partial charge on any atom is 0.288 e. The molecular weight excluding hydrogens is 356 g/mol. The summed E-state index contributed by atoms with van der Waals surface area (Å²) >= 11 is 0. The van der Waals surface area contributed by atoms with Crippen molar-refractivity contribution in [3.05, 3.63) is 90.4 Å². The lowest BCUT2D eigenvalue weighted by Gasteiger charge is -2.05. The zero-order chi connectivity index (χ0) is 19.3. The van der Waals surface area contributed by atoms with Crippen molar-refractivity contribution in [1.29, 1.82) is 0 Å². The predicted octanol–water partition coefficient (Wildman–Crippen LogP) is 3.43. The van der Waals surface area contributed by atoms with Gasteiger partial charge in [-0.25, -0.2) is 0 Å². The highest BCUT2D eigenvalue weighted by Gasteiger charge is 2.12. The topological polar surface area (TPSA) is 96.1 Å². The van der Waals surface area contributed by atoms with Crippen LogP contribution in [0.15, 0.2) is 79.0 Å². The van der Waals surface area contributed by atoms with Gasteiger partial charge in [0.2, 0.25) is 0 Å². The molecule has 2 aromatic carbocycles. The van der Waals surface area contributed by atoms with Gasteiger partial charge in [0.05, 0.1) is 0 Å². The van der Waals surface area contributed by atoms with Crippen molar-refractivity contribution >= 4 is 22.7 Å². The number of hydrogen-bond acceptors (Lipinski definition) is 4. The number of aromatic amines is 1. The van der Waals surface area contributed by atoms with Crippen molar-refractivity contribution in [2.45, 2.75) is 0 Å². The number of nitrogens with one attached hydrogen (secondary N) is 3. The molecule has 138 valence electrons. The average Bonchev–Trinajstić information content (AvgIpc) is 3.17. The highest BCUT2D eigenvalue weighted by atomic mass is 16.5. The molecule has 7 heteroatoms. The molecule has 3 N–H and O–H groups in total. The van der Waals surface area contributed by atoms with Crippen molar-refractivity contribution in [1.82, 2.24) is 20.8 Å². The van der Waals surface area contributed by atoms with Gasteiger partial charge in [0.15, 0.2) is 0 Å². The van der Waals surface area contributed by atoms with E-state index in [9.17, 15) is 9.59 Å². The van der Waals surface area contributed by atoms with E-state index in [1.165, 1.54) is 6.20 Å². The zero-order valence-corrected chi connectivity index (χ0v) is 14.7. The smallest absolute Gasteiger partial charge is 0.288 e. The first kappa shape index (κ1) is 17.3. The van der Waals surface area contributed by atoms with Crippen LogP contribution in [-0.2, 0) is 0 Å². The van der Waals surface area contributed by atoms with E-state index in [1.54, 1.807) is 24.3 Å². The van der Waals surface area contributed by atoms with Crippen molar-refractivity contribution in [3.8, 4) is 11.5 Å². The highest BCUT2D eigenvalue weighted by Crippen LogP contribution is 2.26. The molecule has 4 aromatic rings. The molecule has 7 nitrogen and oxygen atoms in total. The molecule has 0 bridgehead atoms. The number of benzene rings is 2. The second kappa shape index (κ2) is 7.63. The van der Waals surface area contributed by atoms with Gasteiger partial charge >= 0.3 is 0 Å². The highest BCUT2D eigenvalue weighted by molar-refractivity contribution is 6.00. The Bertz CT molecular complexity index is 1120. The summed E-state index contributed by atoms with van der Waals surface area (Å²) in [6.07, 6.45) is 1.50. The fourth-order valence-corrected chi connectivity index (χ4v) is 2.66. The third-order valence-corrected chi connectivity index (χ3v) is 4.00. The first-order valence-corrected chi connectivity index (χ1v) is 8.56. The SMILES string of the molecule is O=C(NNC(=O)c1cc2cc(Oc3ccccc3)ccc2[nH]1)c1ccccn1. The molecule has 0 aliphatic carbocycles. The molecule has 0 atom stereocenters. The number of aromatic nitrogens is 2. The van der Waals surface area contributed by atoms with Crippen LogP contribution in [0.4, 0.5) is 0 Å². The van der Waals surface area contributed by atoms with E-state index in [-0.39, 0.29) is 5.69 Å². The molecule has 0 aliphatic heterocycles. The average molecular weight is 372 g/mol. The number of fused-ring (bicyclic) bond motifs is 1. The minimum atomic E-state index is -0.497. The zero-order valence-electron chi connectivity index (χ0n) is 14.7. The molecule has 2 heterocycles. The van der Waals surface area contributed by atoms with Gasteiger partial charge in [0.25, 0.3) is 11.8 Å². The fraction of sp³-hybridized carbons (Fsp3) is 0. The van der Waals surface area contributed by atoms with Crippen LogP contribution in [-0.4, -0.2) is 21.8 Å². The molecule has 0 aliphatic rings. The van der Waals surface area contributed by atoms with E-state index in [2.05, 4.69) is 20.8 Å². The van der Waals surface area contributed by atoms with Crippen LogP contribution in [0.25, 0.3) is 10.9 Å². The van der Waals surface area contributed by atoms with Gasteiger partial charge < -0.3 is 9.72 Å². The summed E-state index contributed by atoms with van der Waals surface area (Å²) in [7, 11) is 0. The van der Waals surface area contributed by atoms with E-state index >= 15 is 0 Å². The van der Waals surface area contributed by atoms with Gasteiger partial charge in [-0.1, -0.05) is 24.3 Å². The van der Waals surface area contributed by atoms with Crippen molar-refractivity contribution in [2.24, 2.45) is 0 Å². The lowest BCUT2D eigenvalue weighted by molar-refractivity contribution is 0.0842. The molecule has 0 saturated heterocycles. The number of hydrogen-bond donors (Lipinski definition) is 3. The molecule has 0 spiro atoms. The minimum Gasteiger partial charge on any atom is -0.457 e. The number of carbonyl (C=O) groups excluding carboxylic acids is 2. The van der Waals surface area contributed by atoms with Crippen LogP contribution in [0.1, 0.15) is 21.0 Å². The van der Waals surface area contributed by atoms with E-state index in [0.29, 0.717) is 11.4 Å². The Morgan fingerprint density at radius 2 is 1.61 bits per heavy atom. The molecule has 2 amide bonds. The van der Waals surface area contributed by atoms with E-state index < -0.39 is 11.8 Å². The second-order valence-corrected chi connectivity index (χ2v) is 5.97. The van der Waals surface area contributed by atoms with Crippen molar-refractivity contribution < 1.29 is 14.3 Å². The molecule has 2 aromatic heterocycles. The largest absolute Gasteiger partial charge is 0.457 e. The van der Waals surface area contributed by atoms with Gasteiger partial charge in [-0.3, -0.25) is 25.4 Å². The van der Waals surface area contributed by atoms with Crippen LogP contribution in [0.3, 0.4) is 0 Å². The molecule has 0 unspecified atom stereocenters. The van der Waals surface area contributed by atoms with Crippen LogP contribution < -0.4 is 15.6 Å². The number of carbonyl (C=O) groups is 2. The van der Waals surface area contributed by atoms with Gasteiger partial charge in [-0.2, -0.15) is 0 Å². The summed E-state index contributed by atoms with van der Waals surface area (Å²) in [5.41, 5.74) is 6.01. The summed E-state index contributed by atoms with van der Waals surface area (Å²) in [6, 6.07) is 21.6. The first-order chi connectivity index (χ1) is 13.7. The van der Waals surface area contributed by atoms with Gasteiger partial charge in [-0.15, -0.1) is 0 Å². The van der Waals surface area contributed by atoms with Crippen molar-refractivity contribution in [3.63, 3.8) is 0 Å². The number of nitrogens with zero attached hydrogens (tertiary/aromatic N) is 1. The van der Waals surface area contributed by atoms with E-state index in [4.69, 9.17) is 4.74 Å². The summed E-state index contributed by atoms with van der Waals surface area (Å²) in [5.74, 6) is 0.426. The third kappa shape index (κ3) is 3.83. The van der Waals surface area contributed by atoms with Crippen LogP contribution in [0.5, 0.6) is 11.5 Å². The Morgan fingerprint density at radius 3 is 2.39 bits per heavy atom. The summed E-state index contributed by atoms with van der Waals surface area (Å²) in [4.78, 5) is 31.2. The fourth-order valence-electron chi connectivity index (χ4n) is 2.66. The summed E-state index contributed by atoms with van der Waals surface area (Å²) < 4.78 is 5.81. The number of hydrazine groups is 1. The van der Waals surface area contributed by atoms with Crippen LogP contribution in [0.2, 0.25) is 0 Å². The Labute approximate surface area is 160 Å². The standard InChI is InChI=1S/C21H16N4O3/c26-20(18-8-4-5-11-22-18)24-25-21(27)19-13-14-12-16(9-10-17(14)23-19)28-15-6-2-1-3-7-15/h1-13,23H,(H,24,26)(H,25,27). The molecule has 28 heavy (non-hydrogen) atoms. The monoisotopic (exact) mass is 372 g/mol. The Hall–Kier alpha value is -4.13. The molecular formula is C21H16N4O3. The van der Waals surface area contributed by atoms with Gasteiger partial charge in [0, 0.05) is 17.1 Å². The number of H-pyrrole nitrogens is 1. The lowest BCUT2D eigenvalue weighted by Crippen LogP contribution is -2.42. The lowest BCUT2D eigenvalue weighted by atomic mass is 10.2. The molecule has 0 saturated carbocycles. The van der Waals surface area contributed by atoms with Gasteiger partial charge in [-0.05, 0) is 48.5 Å².